The smallest absolute Gasteiger partial charge is 0.227 e. The van der Waals surface area contributed by atoms with Gasteiger partial charge in [-0.1, -0.05) is 31.3 Å². The number of aliphatic hydroxyl groups is 1. The molecule has 0 saturated heterocycles. The van der Waals surface area contributed by atoms with Gasteiger partial charge in [-0.25, -0.2) is 0 Å². The Hall–Kier alpha value is -1.43. The zero-order chi connectivity index (χ0) is 15.1. The van der Waals surface area contributed by atoms with Crippen LogP contribution in [0.3, 0.4) is 0 Å². The fraction of sp³-hybridized carbons (Fsp3) is 0.800. The van der Waals surface area contributed by atoms with Gasteiger partial charge in [-0.05, 0) is 19.3 Å². The fourth-order valence-electron chi connectivity index (χ4n) is 2.68. The Morgan fingerprint density at radius 1 is 1.33 bits per heavy atom. The molecule has 21 heavy (non-hydrogen) atoms. The number of hydrogen-bond donors (Lipinski definition) is 2. The van der Waals surface area contributed by atoms with E-state index in [1.54, 1.807) is 0 Å². The van der Waals surface area contributed by atoms with E-state index in [1.165, 1.54) is 6.42 Å². The van der Waals surface area contributed by atoms with Gasteiger partial charge in [-0.2, -0.15) is 4.98 Å². The normalized spacial score (nSPS) is 17.6. The summed E-state index contributed by atoms with van der Waals surface area (Å²) in [5.41, 5.74) is -0.716. The molecule has 118 valence electrons. The summed E-state index contributed by atoms with van der Waals surface area (Å²) in [7, 11) is 0. The van der Waals surface area contributed by atoms with Crippen LogP contribution in [0.5, 0.6) is 0 Å². The standard InChI is InChI=1S/C15H25N3O3/c1-2-6-12-17-14(21-18-12)8-7-13(19)16-11-15(20)9-4-3-5-10-15/h20H,2-11H2,1H3,(H,16,19). The van der Waals surface area contributed by atoms with E-state index in [0.29, 0.717) is 31.1 Å². The number of nitrogens with one attached hydrogen (secondary N) is 1. The summed E-state index contributed by atoms with van der Waals surface area (Å²) in [6.07, 6.45) is 7.32. The van der Waals surface area contributed by atoms with Gasteiger partial charge in [0.05, 0.1) is 5.60 Å². The molecule has 2 rings (SSSR count). The van der Waals surface area contributed by atoms with Gasteiger partial charge >= 0.3 is 0 Å². The van der Waals surface area contributed by atoms with E-state index in [-0.39, 0.29) is 5.91 Å². The second kappa shape index (κ2) is 7.54. The summed E-state index contributed by atoms with van der Waals surface area (Å²) in [4.78, 5) is 16.1. The molecule has 1 heterocycles. The molecule has 1 fully saturated rings. The highest BCUT2D eigenvalue weighted by molar-refractivity contribution is 5.76. The molecule has 0 spiro atoms. The Bertz CT molecular complexity index is 453. The first-order chi connectivity index (χ1) is 10.1. The van der Waals surface area contributed by atoms with Crippen LogP contribution in [0.25, 0.3) is 0 Å². The molecule has 0 atom stereocenters. The van der Waals surface area contributed by atoms with Crippen LogP contribution >= 0.6 is 0 Å². The minimum Gasteiger partial charge on any atom is -0.388 e. The molecule has 6 nitrogen and oxygen atoms in total. The number of carbonyl (C=O) groups is 1. The van der Waals surface area contributed by atoms with E-state index in [0.717, 1.165) is 38.5 Å². The van der Waals surface area contributed by atoms with E-state index in [9.17, 15) is 9.90 Å². The summed E-state index contributed by atoms with van der Waals surface area (Å²) in [6, 6.07) is 0. The van der Waals surface area contributed by atoms with Gasteiger partial charge in [0.1, 0.15) is 0 Å². The van der Waals surface area contributed by atoms with Crippen molar-refractivity contribution < 1.29 is 14.4 Å². The van der Waals surface area contributed by atoms with Gasteiger partial charge in [-0.15, -0.1) is 0 Å². The Labute approximate surface area is 125 Å². The molecule has 0 aliphatic heterocycles. The Morgan fingerprint density at radius 3 is 2.81 bits per heavy atom. The predicted octanol–water partition coefficient (Wildman–Crippen LogP) is 1.77. The lowest BCUT2D eigenvalue weighted by Crippen LogP contribution is -2.44. The first kappa shape index (κ1) is 15.9. The van der Waals surface area contributed by atoms with Crippen LogP contribution in [0.1, 0.15) is 63.6 Å². The largest absolute Gasteiger partial charge is 0.388 e. The maximum atomic E-state index is 11.8. The first-order valence-electron chi connectivity index (χ1n) is 7.92. The molecule has 1 aromatic rings. The number of nitrogens with zero attached hydrogens (tertiary/aromatic N) is 2. The van der Waals surface area contributed by atoms with Gasteiger partial charge in [0, 0.05) is 25.8 Å². The minimum atomic E-state index is -0.716. The predicted molar refractivity (Wildman–Crippen MR) is 77.7 cm³/mol. The molecule has 2 N–H and O–H groups in total. The van der Waals surface area contributed by atoms with Crippen molar-refractivity contribution in [1.29, 1.82) is 0 Å². The van der Waals surface area contributed by atoms with Gasteiger partial charge < -0.3 is 14.9 Å². The molecule has 1 aromatic heterocycles. The topological polar surface area (TPSA) is 88.2 Å². The Balaban J connectivity index is 1.69. The van der Waals surface area contributed by atoms with E-state index >= 15 is 0 Å². The average molecular weight is 295 g/mol. The summed E-state index contributed by atoms with van der Waals surface area (Å²) in [6.45, 7) is 2.40. The van der Waals surface area contributed by atoms with E-state index in [2.05, 4.69) is 22.4 Å². The lowest BCUT2D eigenvalue weighted by atomic mass is 9.85. The molecule has 6 heteroatoms. The van der Waals surface area contributed by atoms with Crippen LogP contribution in [0.4, 0.5) is 0 Å². The van der Waals surface area contributed by atoms with Crippen molar-refractivity contribution in [1.82, 2.24) is 15.5 Å². The van der Waals surface area contributed by atoms with E-state index in [1.807, 2.05) is 0 Å². The molecule has 1 saturated carbocycles. The van der Waals surface area contributed by atoms with Gasteiger partial charge in [0.15, 0.2) is 5.82 Å². The highest BCUT2D eigenvalue weighted by Crippen LogP contribution is 2.27. The highest BCUT2D eigenvalue weighted by Gasteiger charge is 2.29. The zero-order valence-electron chi connectivity index (χ0n) is 12.7. The van der Waals surface area contributed by atoms with Crippen molar-refractivity contribution in [3.63, 3.8) is 0 Å². The molecule has 0 aromatic carbocycles. The maximum Gasteiger partial charge on any atom is 0.227 e. The quantitative estimate of drug-likeness (QED) is 0.800. The Morgan fingerprint density at radius 2 is 2.10 bits per heavy atom. The van der Waals surface area contributed by atoms with Crippen molar-refractivity contribution in [3.8, 4) is 0 Å². The van der Waals surface area contributed by atoms with Crippen molar-refractivity contribution in [2.45, 2.75) is 70.3 Å². The molecular formula is C15H25N3O3. The number of carbonyl (C=O) groups excluding carboxylic acids is 1. The minimum absolute atomic E-state index is 0.0794. The summed E-state index contributed by atoms with van der Waals surface area (Å²) in [5.74, 6) is 1.12. The molecular weight excluding hydrogens is 270 g/mol. The SMILES string of the molecule is CCCc1noc(CCC(=O)NCC2(O)CCCCC2)n1. The van der Waals surface area contributed by atoms with Crippen LogP contribution in [0.15, 0.2) is 4.52 Å². The number of aromatic nitrogens is 2. The second-order valence-corrected chi connectivity index (χ2v) is 5.92. The average Bonchev–Trinajstić information content (AvgIpc) is 2.92. The van der Waals surface area contributed by atoms with Crippen LogP contribution in [-0.4, -0.2) is 33.3 Å². The van der Waals surface area contributed by atoms with Gasteiger partial charge in [0.25, 0.3) is 0 Å². The van der Waals surface area contributed by atoms with E-state index < -0.39 is 5.60 Å². The van der Waals surface area contributed by atoms with Crippen LogP contribution in [-0.2, 0) is 17.6 Å². The number of hydrogen-bond acceptors (Lipinski definition) is 5. The third-order valence-corrected chi connectivity index (χ3v) is 3.95. The first-order valence-corrected chi connectivity index (χ1v) is 7.92. The number of rotatable bonds is 7. The molecule has 0 radical (unpaired) electrons. The molecule has 0 unspecified atom stereocenters. The highest BCUT2D eigenvalue weighted by atomic mass is 16.5. The fourth-order valence-corrected chi connectivity index (χ4v) is 2.68. The third kappa shape index (κ3) is 5.12. The summed E-state index contributed by atoms with van der Waals surface area (Å²) in [5, 5.41) is 17.0. The number of aryl methyl sites for hydroxylation is 2. The van der Waals surface area contributed by atoms with Crippen molar-refractivity contribution in [2.24, 2.45) is 0 Å². The molecule has 1 amide bonds. The summed E-state index contributed by atoms with van der Waals surface area (Å²) >= 11 is 0. The molecule has 0 bridgehead atoms. The van der Waals surface area contributed by atoms with Crippen molar-refractivity contribution >= 4 is 5.91 Å². The number of amides is 1. The van der Waals surface area contributed by atoms with Crippen LogP contribution < -0.4 is 5.32 Å². The maximum absolute atomic E-state index is 11.8. The van der Waals surface area contributed by atoms with Crippen molar-refractivity contribution in [2.75, 3.05) is 6.54 Å². The lowest BCUT2D eigenvalue weighted by molar-refractivity contribution is -0.122. The van der Waals surface area contributed by atoms with Gasteiger partial charge in [0.2, 0.25) is 11.8 Å². The molecule has 1 aliphatic carbocycles. The Kier molecular flexibility index (Phi) is 5.73. The summed E-state index contributed by atoms with van der Waals surface area (Å²) < 4.78 is 5.09. The lowest BCUT2D eigenvalue weighted by Gasteiger charge is -2.32. The van der Waals surface area contributed by atoms with Crippen LogP contribution in [0.2, 0.25) is 0 Å². The van der Waals surface area contributed by atoms with Gasteiger partial charge in [-0.3, -0.25) is 4.79 Å². The molecule has 1 aliphatic rings. The third-order valence-electron chi connectivity index (χ3n) is 3.95. The van der Waals surface area contributed by atoms with Crippen molar-refractivity contribution in [3.05, 3.63) is 11.7 Å². The second-order valence-electron chi connectivity index (χ2n) is 5.92. The van der Waals surface area contributed by atoms with E-state index in [4.69, 9.17) is 4.52 Å². The van der Waals surface area contributed by atoms with Crippen LogP contribution in [0, 0.1) is 0 Å². The monoisotopic (exact) mass is 295 g/mol. The zero-order valence-corrected chi connectivity index (χ0v) is 12.7.